The van der Waals surface area contributed by atoms with E-state index >= 15 is 0 Å². The lowest BCUT2D eigenvalue weighted by molar-refractivity contribution is 0.0698. The quantitative estimate of drug-likeness (QED) is 0.724. The van der Waals surface area contributed by atoms with Crippen LogP contribution >= 0.6 is 11.6 Å². The van der Waals surface area contributed by atoms with Gasteiger partial charge in [0.1, 0.15) is 0 Å². The van der Waals surface area contributed by atoms with Crippen molar-refractivity contribution in [2.75, 3.05) is 17.6 Å². The molecule has 0 unspecified atom stereocenters. The van der Waals surface area contributed by atoms with Gasteiger partial charge in [0.05, 0.1) is 16.3 Å². The van der Waals surface area contributed by atoms with Gasteiger partial charge in [-0.1, -0.05) is 11.6 Å². The Labute approximate surface area is 116 Å². The van der Waals surface area contributed by atoms with Crippen molar-refractivity contribution in [2.24, 2.45) is 11.3 Å². The molecule has 2 aliphatic rings. The standard InChI is InChI=1S/C14H17ClN2O2/c15-11-6-9(16)5-10(13(18)19)12(11)17-7-14(3-4-14)8-1-2-8/h5-6,8,17H,1-4,7,16H2,(H,18,19). The topological polar surface area (TPSA) is 75.3 Å². The van der Waals surface area contributed by atoms with Crippen molar-refractivity contribution in [2.45, 2.75) is 25.7 Å². The van der Waals surface area contributed by atoms with Gasteiger partial charge < -0.3 is 16.2 Å². The van der Waals surface area contributed by atoms with E-state index in [0.29, 0.717) is 21.8 Å². The number of hydrogen-bond acceptors (Lipinski definition) is 3. The van der Waals surface area contributed by atoms with Crippen LogP contribution in [0.5, 0.6) is 0 Å². The Morgan fingerprint density at radius 1 is 1.47 bits per heavy atom. The highest BCUT2D eigenvalue weighted by atomic mass is 35.5. The molecule has 4 nitrogen and oxygen atoms in total. The highest BCUT2D eigenvalue weighted by Gasteiger charge is 2.53. The molecule has 4 N–H and O–H groups in total. The summed E-state index contributed by atoms with van der Waals surface area (Å²) in [5.41, 5.74) is 7.05. The van der Waals surface area contributed by atoms with Gasteiger partial charge >= 0.3 is 5.97 Å². The molecule has 1 aromatic rings. The van der Waals surface area contributed by atoms with E-state index in [2.05, 4.69) is 5.32 Å². The lowest BCUT2D eigenvalue weighted by atomic mass is 10.0. The summed E-state index contributed by atoms with van der Waals surface area (Å²) < 4.78 is 0. The Bertz CT molecular complexity index is 536. The van der Waals surface area contributed by atoms with E-state index in [4.69, 9.17) is 17.3 Å². The summed E-state index contributed by atoms with van der Waals surface area (Å²) in [5, 5.41) is 12.9. The van der Waals surface area contributed by atoms with Crippen LogP contribution in [0, 0.1) is 11.3 Å². The third kappa shape index (κ3) is 2.37. The average molecular weight is 281 g/mol. The van der Waals surface area contributed by atoms with Crippen LogP contribution in [0.2, 0.25) is 5.02 Å². The van der Waals surface area contributed by atoms with Crippen LogP contribution in [-0.4, -0.2) is 17.6 Å². The smallest absolute Gasteiger partial charge is 0.337 e. The number of carbonyl (C=O) groups is 1. The van der Waals surface area contributed by atoms with Crippen molar-refractivity contribution in [3.8, 4) is 0 Å². The number of nitrogens with one attached hydrogen (secondary N) is 1. The SMILES string of the molecule is Nc1cc(Cl)c(NCC2(C3CC3)CC2)c(C(=O)O)c1. The van der Waals surface area contributed by atoms with Gasteiger partial charge in [-0.15, -0.1) is 0 Å². The van der Waals surface area contributed by atoms with Crippen LogP contribution in [0.1, 0.15) is 36.0 Å². The maximum atomic E-state index is 11.3. The van der Waals surface area contributed by atoms with Crippen LogP contribution in [-0.2, 0) is 0 Å². The van der Waals surface area contributed by atoms with Gasteiger partial charge in [-0.25, -0.2) is 4.79 Å². The monoisotopic (exact) mass is 280 g/mol. The largest absolute Gasteiger partial charge is 0.478 e. The first-order valence-electron chi connectivity index (χ1n) is 6.58. The van der Waals surface area contributed by atoms with E-state index in [1.165, 1.54) is 31.7 Å². The Hall–Kier alpha value is -1.42. The number of aromatic carboxylic acids is 1. The summed E-state index contributed by atoms with van der Waals surface area (Å²) in [4.78, 5) is 11.3. The van der Waals surface area contributed by atoms with E-state index in [-0.39, 0.29) is 5.56 Å². The van der Waals surface area contributed by atoms with E-state index in [0.717, 1.165) is 12.5 Å². The molecule has 0 heterocycles. The lowest BCUT2D eigenvalue weighted by Crippen LogP contribution is -2.19. The minimum atomic E-state index is -1.01. The summed E-state index contributed by atoms with van der Waals surface area (Å²) >= 11 is 6.12. The summed E-state index contributed by atoms with van der Waals surface area (Å²) in [6.45, 7) is 0.807. The second-order valence-electron chi connectivity index (χ2n) is 5.72. The summed E-state index contributed by atoms with van der Waals surface area (Å²) in [6.07, 6.45) is 5.09. The number of nitrogens with two attached hydrogens (primary N) is 1. The first kappa shape index (κ1) is 12.6. The Morgan fingerprint density at radius 3 is 2.68 bits per heavy atom. The molecule has 1 aromatic carbocycles. The molecular weight excluding hydrogens is 264 g/mol. The van der Waals surface area contributed by atoms with Gasteiger partial charge in [-0.2, -0.15) is 0 Å². The van der Waals surface area contributed by atoms with Gasteiger partial charge in [0.25, 0.3) is 0 Å². The van der Waals surface area contributed by atoms with Crippen molar-refractivity contribution in [3.05, 3.63) is 22.7 Å². The molecule has 0 bridgehead atoms. The lowest BCUT2D eigenvalue weighted by Gasteiger charge is -2.18. The zero-order valence-electron chi connectivity index (χ0n) is 10.6. The number of nitrogen functional groups attached to an aromatic ring is 1. The number of rotatable bonds is 5. The molecule has 19 heavy (non-hydrogen) atoms. The Morgan fingerprint density at radius 2 is 2.16 bits per heavy atom. The van der Waals surface area contributed by atoms with Crippen molar-refractivity contribution < 1.29 is 9.90 Å². The van der Waals surface area contributed by atoms with Crippen LogP contribution in [0.3, 0.4) is 0 Å². The minimum Gasteiger partial charge on any atom is -0.478 e. The normalized spacial score (nSPS) is 20.1. The van der Waals surface area contributed by atoms with Gasteiger partial charge in [-0.05, 0) is 49.1 Å². The number of halogens is 1. The molecular formula is C14H17ClN2O2. The fourth-order valence-corrected chi connectivity index (χ4v) is 3.12. The second kappa shape index (κ2) is 4.30. The summed E-state index contributed by atoms with van der Waals surface area (Å²) in [7, 11) is 0. The van der Waals surface area contributed by atoms with Gasteiger partial charge in [0.2, 0.25) is 0 Å². The molecule has 0 spiro atoms. The molecule has 5 heteroatoms. The highest BCUT2D eigenvalue weighted by molar-refractivity contribution is 6.34. The molecule has 0 saturated heterocycles. The van der Waals surface area contributed by atoms with E-state index in [1.807, 2.05) is 0 Å². The molecule has 2 fully saturated rings. The molecule has 3 rings (SSSR count). The number of carboxylic acid groups (broad SMARTS) is 1. The predicted octanol–water partition coefficient (Wildman–Crippen LogP) is 3.22. The van der Waals surface area contributed by atoms with E-state index < -0.39 is 5.97 Å². The predicted molar refractivity (Wildman–Crippen MR) is 75.7 cm³/mol. The van der Waals surface area contributed by atoms with Gasteiger partial charge in [-0.3, -0.25) is 0 Å². The Kier molecular flexibility index (Phi) is 2.86. The second-order valence-corrected chi connectivity index (χ2v) is 6.13. The zero-order chi connectivity index (χ0) is 13.6. The minimum absolute atomic E-state index is 0.150. The number of anilines is 2. The summed E-state index contributed by atoms with van der Waals surface area (Å²) in [6, 6.07) is 3.04. The molecule has 0 aromatic heterocycles. The summed E-state index contributed by atoms with van der Waals surface area (Å²) in [5.74, 6) is -0.186. The van der Waals surface area contributed by atoms with Crippen LogP contribution in [0.25, 0.3) is 0 Å². The van der Waals surface area contributed by atoms with Crippen molar-refractivity contribution in [3.63, 3.8) is 0 Å². The third-order valence-electron chi connectivity index (χ3n) is 4.30. The molecule has 0 amide bonds. The van der Waals surface area contributed by atoms with Gasteiger partial charge in [0, 0.05) is 12.2 Å². The fraction of sp³-hybridized carbons (Fsp3) is 0.500. The Balaban J connectivity index is 1.81. The van der Waals surface area contributed by atoms with E-state index in [9.17, 15) is 9.90 Å². The zero-order valence-corrected chi connectivity index (χ0v) is 11.3. The highest BCUT2D eigenvalue weighted by Crippen LogP contribution is 2.61. The third-order valence-corrected chi connectivity index (χ3v) is 4.59. The van der Waals surface area contributed by atoms with Crippen LogP contribution in [0.15, 0.2) is 12.1 Å². The molecule has 0 aliphatic heterocycles. The average Bonchev–Trinajstić information content (AvgIpc) is 3.20. The molecule has 102 valence electrons. The first-order chi connectivity index (χ1) is 9.02. The van der Waals surface area contributed by atoms with Crippen molar-refractivity contribution in [1.82, 2.24) is 0 Å². The van der Waals surface area contributed by atoms with Crippen LogP contribution in [0.4, 0.5) is 11.4 Å². The number of carboxylic acids is 1. The molecule has 0 atom stereocenters. The fourth-order valence-electron chi connectivity index (χ4n) is 2.83. The van der Waals surface area contributed by atoms with Crippen molar-refractivity contribution >= 4 is 28.9 Å². The maximum absolute atomic E-state index is 11.3. The van der Waals surface area contributed by atoms with Gasteiger partial charge in [0.15, 0.2) is 0 Å². The van der Waals surface area contributed by atoms with E-state index in [1.54, 1.807) is 6.07 Å². The number of hydrogen-bond donors (Lipinski definition) is 3. The molecule has 0 radical (unpaired) electrons. The van der Waals surface area contributed by atoms with Crippen molar-refractivity contribution in [1.29, 1.82) is 0 Å². The molecule has 2 aliphatic carbocycles. The molecule has 2 saturated carbocycles. The van der Waals surface area contributed by atoms with Crippen LogP contribution < -0.4 is 11.1 Å². The number of benzene rings is 1. The first-order valence-corrected chi connectivity index (χ1v) is 6.96. The maximum Gasteiger partial charge on any atom is 0.337 e.